The van der Waals surface area contributed by atoms with Crippen LogP contribution in [0.2, 0.25) is 0 Å². The molecule has 1 amide bonds. The molecule has 0 saturated heterocycles. The van der Waals surface area contributed by atoms with E-state index in [0.717, 1.165) is 12.1 Å². The van der Waals surface area contributed by atoms with Crippen molar-refractivity contribution in [1.82, 2.24) is 0 Å². The summed E-state index contributed by atoms with van der Waals surface area (Å²) in [7, 11) is 0. The fraction of sp³-hybridized carbons (Fsp3) is 0.200. The van der Waals surface area contributed by atoms with Crippen molar-refractivity contribution in [2.24, 2.45) is 10.9 Å². The lowest BCUT2D eigenvalue weighted by molar-refractivity contribution is -0.137. The lowest BCUT2D eigenvalue weighted by atomic mass is 10.0. The fourth-order valence-electron chi connectivity index (χ4n) is 2.52. The minimum Gasteiger partial charge on any atom is -0.443 e. The normalized spacial score (nSPS) is 16.8. The monoisotopic (exact) mass is 392 g/mol. The predicted octanol–water partition coefficient (Wildman–Crippen LogP) is 5.18. The van der Waals surface area contributed by atoms with E-state index < -0.39 is 23.5 Å². The SMILES string of the molecule is CC1CC=C(C(=O)Nc2ccc(F)cc2)N=C1Oc1cccc(C(F)(F)F)c1. The highest BCUT2D eigenvalue weighted by atomic mass is 19.4. The first-order chi connectivity index (χ1) is 13.2. The van der Waals surface area contributed by atoms with Crippen LogP contribution in [0.25, 0.3) is 0 Å². The molecule has 0 spiro atoms. The number of carbonyl (C=O) groups excluding carboxylic acids is 1. The number of nitrogens with zero attached hydrogens (tertiary/aromatic N) is 1. The van der Waals surface area contributed by atoms with Crippen LogP contribution in [-0.4, -0.2) is 11.8 Å². The molecule has 0 bridgehead atoms. The zero-order valence-corrected chi connectivity index (χ0v) is 14.8. The quantitative estimate of drug-likeness (QED) is 0.732. The lowest BCUT2D eigenvalue weighted by Crippen LogP contribution is -2.24. The Balaban J connectivity index is 1.76. The van der Waals surface area contributed by atoms with E-state index >= 15 is 0 Å². The minimum atomic E-state index is -4.49. The molecular weight excluding hydrogens is 376 g/mol. The van der Waals surface area contributed by atoms with Gasteiger partial charge in [0.2, 0.25) is 0 Å². The Hall–Kier alpha value is -3.16. The second kappa shape index (κ2) is 7.84. The second-order valence-electron chi connectivity index (χ2n) is 6.26. The molecule has 3 rings (SSSR count). The van der Waals surface area contributed by atoms with E-state index in [1.165, 1.54) is 36.4 Å². The molecule has 0 aromatic heterocycles. The van der Waals surface area contributed by atoms with Gasteiger partial charge in [-0.1, -0.05) is 19.1 Å². The number of amides is 1. The minimum absolute atomic E-state index is 0.0133. The Morgan fingerprint density at radius 2 is 1.89 bits per heavy atom. The van der Waals surface area contributed by atoms with E-state index in [9.17, 15) is 22.4 Å². The largest absolute Gasteiger partial charge is 0.443 e. The Morgan fingerprint density at radius 3 is 2.57 bits per heavy atom. The van der Waals surface area contributed by atoms with E-state index in [0.29, 0.717) is 12.1 Å². The van der Waals surface area contributed by atoms with Crippen LogP contribution in [0, 0.1) is 11.7 Å². The van der Waals surface area contributed by atoms with E-state index in [1.54, 1.807) is 13.0 Å². The number of hydrogen-bond acceptors (Lipinski definition) is 3. The number of carbonyl (C=O) groups is 1. The predicted molar refractivity (Wildman–Crippen MR) is 96.4 cm³/mol. The topological polar surface area (TPSA) is 50.7 Å². The Bertz CT molecular complexity index is 934. The van der Waals surface area contributed by atoms with Gasteiger partial charge in [-0.15, -0.1) is 0 Å². The second-order valence-corrected chi connectivity index (χ2v) is 6.26. The summed E-state index contributed by atoms with van der Waals surface area (Å²) in [4.78, 5) is 16.5. The number of nitrogens with one attached hydrogen (secondary N) is 1. The molecule has 1 unspecified atom stereocenters. The maximum absolute atomic E-state index is 12.9. The van der Waals surface area contributed by atoms with Gasteiger partial charge in [0.05, 0.1) is 5.56 Å². The van der Waals surface area contributed by atoms with Crippen LogP contribution in [0.3, 0.4) is 0 Å². The summed E-state index contributed by atoms with van der Waals surface area (Å²) >= 11 is 0. The third-order valence-electron chi connectivity index (χ3n) is 4.04. The van der Waals surface area contributed by atoms with Crippen molar-refractivity contribution in [1.29, 1.82) is 0 Å². The number of halogens is 4. The number of aliphatic imine (C=N–C) groups is 1. The Morgan fingerprint density at radius 1 is 1.18 bits per heavy atom. The maximum Gasteiger partial charge on any atom is 0.416 e. The first-order valence-corrected chi connectivity index (χ1v) is 8.43. The van der Waals surface area contributed by atoms with Crippen molar-refractivity contribution < 1.29 is 27.1 Å². The van der Waals surface area contributed by atoms with Crippen molar-refractivity contribution in [3.8, 4) is 5.75 Å². The van der Waals surface area contributed by atoms with Crippen molar-refractivity contribution >= 4 is 17.5 Å². The molecule has 2 aromatic rings. The molecule has 1 aliphatic rings. The smallest absolute Gasteiger partial charge is 0.416 e. The van der Waals surface area contributed by atoms with Crippen molar-refractivity contribution in [2.75, 3.05) is 5.32 Å². The van der Waals surface area contributed by atoms with Crippen molar-refractivity contribution in [3.63, 3.8) is 0 Å². The van der Waals surface area contributed by atoms with Crippen LogP contribution in [-0.2, 0) is 11.0 Å². The van der Waals surface area contributed by atoms with Crippen LogP contribution in [0.1, 0.15) is 18.9 Å². The van der Waals surface area contributed by atoms with E-state index in [2.05, 4.69) is 10.3 Å². The first kappa shape index (κ1) is 19.6. The highest BCUT2D eigenvalue weighted by Crippen LogP contribution is 2.32. The molecule has 1 aliphatic heterocycles. The highest BCUT2D eigenvalue weighted by molar-refractivity contribution is 6.05. The van der Waals surface area contributed by atoms with Gasteiger partial charge < -0.3 is 10.1 Å². The number of alkyl halides is 3. The molecule has 1 N–H and O–H groups in total. The zero-order valence-electron chi connectivity index (χ0n) is 14.8. The molecule has 4 nitrogen and oxygen atoms in total. The molecule has 1 heterocycles. The van der Waals surface area contributed by atoms with Crippen molar-refractivity contribution in [3.05, 3.63) is 71.7 Å². The summed E-state index contributed by atoms with van der Waals surface area (Å²) in [6, 6.07) is 9.68. The summed E-state index contributed by atoms with van der Waals surface area (Å²) in [5.74, 6) is -1.04. The number of allylic oxidation sites excluding steroid dienone is 1. The van der Waals surface area contributed by atoms with Gasteiger partial charge in [-0.2, -0.15) is 13.2 Å². The standard InChI is InChI=1S/C20H16F4N2O2/c1-12-5-10-17(18(27)25-15-8-6-14(21)7-9-15)26-19(12)28-16-4-2-3-13(11-16)20(22,23)24/h2-4,6-12H,5H2,1H3,(H,25,27). The van der Waals surface area contributed by atoms with Crippen LogP contribution in [0.15, 0.2) is 65.3 Å². The highest BCUT2D eigenvalue weighted by Gasteiger charge is 2.31. The molecule has 146 valence electrons. The number of rotatable bonds is 3. The van der Waals surface area contributed by atoms with Gasteiger partial charge >= 0.3 is 6.18 Å². The molecule has 0 radical (unpaired) electrons. The van der Waals surface area contributed by atoms with Crippen LogP contribution in [0.4, 0.5) is 23.2 Å². The molecule has 0 saturated carbocycles. The van der Waals surface area contributed by atoms with Gasteiger partial charge in [0.1, 0.15) is 17.3 Å². The molecule has 1 atom stereocenters. The van der Waals surface area contributed by atoms with Crippen molar-refractivity contribution in [2.45, 2.75) is 19.5 Å². The molecule has 2 aromatic carbocycles. The third-order valence-corrected chi connectivity index (χ3v) is 4.04. The third kappa shape index (κ3) is 4.76. The van der Waals surface area contributed by atoms with Gasteiger partial charge in [0.15, 0.2) is 5.90 Å². The first-order valence-electron chi connectivity index (χ1n) is 8.43. The molecule has 0 fully saturated rings. The van der Waals surface area contributed by atoms with Gasteiger partial charge in [0, 0.05) is 11.6 Å². The van der Waals surface area contributed by atoms with E-state index in [-0.39, 0.29) is 23.3 Å². The average molecular weight is 392 g/mol. The maximum atomic E-state index is 12.9. The number of hydrogen-bond donors (Lipinski definition) is 1. The molecule has 8 heteroatoms. The van der Waals surface area contributed by atoms with Crippen LogP contribution in [0.5, 0.6) is 5.75 Å². The zero-order chi connectivity index (χ0) is 20.3. The van der Waals surface area contributed by atoms with Crippen LogP contribution >= 0.6 is 0 Å². The summed E-state index contributed by atoms with van der Waals surface area (Å²) < 4.78 is 57.0. The van der Waals surface area contributed by atoms with Gasteiger partial charge in [-0.25, -0.2) is 9.38 Å². The summed E-state index contributed by atoms with van der Waals surface area (Å²) in [6.45, 7) is 1.79. The Kier molecular flexibility index (Phi) is 5.48. The number of benzene rings is 2. The number of ether oxygens (including phenoxy) is 1. The molecular formula is C20H16F4N2O2. The summed E-state index contributed by atoms with van der Waals surface area (Å²) in [6.07, 6.45) is -2.44. The molecule has 28 heavy (non-hydrogen) atoms. The number of anilines is 1. The molecule has 0 aliphatic carbocycles. The van der Waals surface area contributed by atoms with Gasteiger partial charge in [0.25, 0.3) is 5.91 Å². The fourth-order valence-corrected chi connectivity index (χ4v) is 2.52. The van der Waals surface area contributed by atoms with Crippen LogP contribution < -0.4 is 10.1 Å². The van der Waals surface area contributed by atoms with Gasteiger partial charge in [-0.05, 0) is 48.9 Å². The van der Waals surface area contributed by atoms with E-state index in [1.807, 2.05) is 0 Å². The lowest BCUT2D eigenvalue weighted by Gasteiger charge is -2.19. The van der Waals surface area contributed by atoms with Gasteiger partial charge in [-0.3, -0.25) is 4.79 Å². The average Bonchev–Trinajstić information content (AvgIpc) is 2.65. The summed E-state index contributed by atoms with van der Waals surface area (Å²) in [5, 5.41) is 2.58. The Labute approximate surface area is 158 Å². The summed E-state index contributed by atoms with van der Waals surface area (Å²) in [5.41, 5.74) is -0.371. The van der Waals surface area contributed by atoms with E-state index in [4.69, 9.17) is 4.74 Å².